The second kappa shape index (κ2) is 4.73. The van der Waals surface area contributed by atoms with Crippen molar-refractivity contribution in [2.75, 3.05) is 6.54 Å². The first kappa shape index (κ1) is 16.8. The number of rotatable bonds is 1. The molecule has 0 amide bonds. The quantitative estimate of drug-likeness (QED) is 0.825. The summed E-state index contributed by atoms with van der Waals surface area (Å²) >= 11 is 0. The Morgan fingerprint density at radius 2 is 1.87 bits per heavy atom. The smallest absolute Gasteiger partial charge is 0.376 e. The maximum absolute atomic E-state index is 13.2. The number of benzene rings is 1. The van der Waals surface area contributed by atoms with Gasteiger partial charge in [-0.1, -0.05) is 39.0 Å². The van der Waals surface area contributed by atoms with Crippen LogP contribution >= 0.6 is 0 Å². The maximum Gasteiger partial charge on any atom is 0.421 e. The van der Waals surface area contributed by atoms with Crippen molar-refractivity contribution < 1.29 is 18.3 Å². The summed E-state index contributed by atoms with van der Waals surface area (Å²) in [6, 6.07) is 5.09. The third kappa shape index (κ3) is 2.16. The predicted molar refractivity (Wildman–Crippen MR) is 83.3 cm³/mol. The Labute approximate surface area is 135 Å². The standard InChI is InChI=1S/C18H24F3NO/c1-15(2)14-9-11-5-6-12(17(4,23)18(19,20)21)10-13(11)16(15,3)7-8-22-14/h5-6,10,14,22-23H,7-9H2,1-4H3/t14-,16-,17?/m0/s1. The monoisotopic (exact) mass is 327 g/mol. The Hall–Kier alpha value is -1.07. The molecule has 2 aliphatic rings. The van der Waals surface area contributed by atoms with Crippen LogP contribution in [0.2, 0.25) is 0 Å². The topological polar surface area (TPSA) is 32.3 Å². The molecule has 0 saturated carbocycles. The van der Waals surface area contributed by atoms with Gasteiger partial charge in [0.15, 0.2) is 5.60 Å². The van der Waals surface area contributed by atoms with Gasteiger partial charge in [0, 0.05) is 11.5 Å². The van der Waals surface area contributed by atoms with Gasteiger partial charge in [-0.3, -0.25) is 0 Å². The minimum absolute atomic E-state index is 0.0546. The van der Waals surface area contributed by atoms with Gasteiger partial charge in [-0.05, 0) is 48.4 Å². The first-order valence-corrected chi connectivity index (χ1v) is 8.07. The van der Waals surface area contributed by atoms with Crippen LogP contribution in [0.15, 0.2) is 18.2 Å². The molecule has 1 aromatic rings. The number of hydrogen-bond acceptors (Lipinski definition) is 2. The van der Waals surface area contributed by atoms with Crippen molar-refractivity contribution in [3.8, 4) is 0 Å². The van der Waals surface area contributed by atoms with E-state index in [9.17, 15) is 18.3 Å². The van der Waals surface area contributed by atoms with E-state index in [0.29, 0.717) is 6.04 Å². The van der Waals surface area contributed by atoms with Crippen LogP contribution in [0.4, 0.5) is 13.2 Å². The Morgan fingerprint density at radius 1 is 1.22 bits per heavy atom. The molecule has 1 heterocycles. The van der Waals surface area contributed by atoms with Crippen molar-refractivity contribution in [1.82, 2.24) is 5.32 Å². The van der Waals surface area contributed by atoms with Crippen molar-refractivity contribution in [3.63, 3.8) is 0 Å². The van der Waals surface area contributed by atoms with E-state index in [0.717, 1.165) is 37.4 Å². The number of piperidine rings is 1. The molecule has 2 bridgehead atoms. The highest BCUT2D eigenvalue weighted by molar-refractivity contribution is 5.45. The molecular formula is C18H24F3NO. The number of hydrogen-bond donors (Lipinski definition) is 2. The molecule has 3 rings (SSSR count). The van der Waals surface area contributed by atoms with Gasteiger partial charge in [0.05, 0.1) is 0 Å². The SMILES string of the molecule is CC(O)(c1ccc2c(c1)[C@]1(C)CCN[C@@H](C2)C1(C)C)C(F)(F)F. The van der Waals surface area contributed by atoms with Gasteiger partial charge < -0.3 is 10.4 Å². The Balaban J connectivity index is 2.16. The molecule has 1 aromatic carbocycles. The van der Waals surface area contributed by atoms with E-state index in [-0.39, 0.29) is 16.4 Å². The minimum Gasteiger partial charge on any atom is -0.376 e. The summed E-state index contributed by atoms with van der Waals surface area (Å²) < 4.78 is 39.6. The highest BCUT2D eigenvalue weighted by Crippen LogP contribution is 2.54. The number of aliphatic hydroxyl groups is 1. The number of nitrogens with one attached hydrogen (secondary N) is 1. The van der Waals surface area contributed by atoms with Gasteiger partial charge in [0.25, 0.3) is 0 Å². The van der Waals surface area contributed by atoms with Gasteiger partial charge in [-0.15, -0.1) is 0 Å². The molecule has 5 heteroatoms. The Morgan fingerprint density at radius 3 is 2.48 bits per heavy atom. The van der Waals surface area contributed by atoms with Crippen LogP contribution < -0.4 is 5.32 Å². The van der Waals surface area contributed by atoms with Crippen LogP contribution in [0, 0.1) is 5.41 Å². The molecule has 0 spiro atoms. The second-order valence-corrected chi connectivity index (χ2v) is 7.96. The molecule has 1 aliphatic carbocycles. The lowest BCUT2D eigenvalue weighted by molar-refractivity contribution is -0.258. The molecule has 1 saturated heterocycles. The fraction of sp³-hybridized carbons (Fsp3) is 0.667. The van der Waals surface area contributed by atoms with Gasteiger partial charge in [-0.25, -0.2) is 0 Å². The zero-order valence-corrected chi connectivity index (χ0v) is 14.0. The third-order valence-corrected chi connectivity index (χ3v) is 6.55. The third-order valence-electron chi connectivity index (χ3n) is 6.55. The zero-order chi connectivity index (χ0) is 17.3. The largest absolute Gasteiger partial charge is 0.421 e. The molecule has 0 radical (unpaired) electrons. The van der Waals surface area contributed by atoms with Crippen molar-refractivity contribution in [2.45, 2.75) is 63.8 Å². The number of fused-ring (bicyclic) bond motifs is 4. The average Bonchev–Trinajstić information content (AvgIpc) is 2.41. The second-order valence-electron chi connectivity index (χ2n) is 7.96. The molecule has 1 unspecified atom stereocenters. The molecule has 1 fully saturated rings. The van der Waals surface area contributed by atoms with Crippen LogP contribution in [-0.4, -0.2) is 23.9 Å². The maximum atomic E-state index is 13.2. The molecule has 128 valence electrons. The van der Waals surface area contributed by atoms with E-state index < -0.39 is 11.8 Å². The van der Waals surface area contributed by atoms with Crippen LogP contribution in [-0.2, 0) is 17.4 Å². The summed E-state index contributed by atoms with van der Waals surface area (Å²) in [5.41, 5.74) is -1.10. The summed E-state index contributed by atoms with van der Waals surface area (Å²) in [4.78, 5) is 0. The predicted octanol–water partition coefficient (Wildman–Crippen LogP) is 3.66. The molecule has 2 N–H and O–H groups in total. The summed E-state index contributed by atoms with van der Waals surface area (Å²) in [5.74, 6) is 0. The van der Waals surface area contributed by atoms with Crippen molar-refractivity contribution in [1.29, 1.82) is 0 Å². The van der Waals surface area contributed by atoms with Gasteiger partial charge in [0.1, 0.15) is 0 Å². The molecule has 23 heavy (non-hydrogen) atoms. The van der Waals surface area contributed by atoms with E-state index in [4.69, 9.17) is 0 Å². The molecular weight excluding hydrogens is 303 g/mol. The highest BCUT2D eigenvalue weighted by Gasteiger charge is 2.55. The Kier molecular flexibility index (Phi) is 3.45. The van der Waals surface area contributed by atoms with E-state index in [2.05, 4.69) is 26.1 Å². The van der Waals surface area contributed by atoms with Crippen molar-refractivity contribution in [3.05, 3.63) is 34.9 Å². The zero-order valence-electron chi connectivity index (χ0n) is 14.0. The summed E-state index contributed by atoms with van der Waals surface area (Å²) in [6.07, 6.45) is -3.00. The lowest BCUT2D eigenvalue weighted by atomic mass is 9.51. The summed E-state index contributed by atoms with van der Waals surface area (Å²) in [6.45, 7) is 8.20. The van der Waals surface area contributed by atoms with Gasteiger partial charge in [0.2, 0.25) is 0 Å². The minimum atomic E-state index is -4.69. The molecule has 3 atom stereocenters. The fourth-order valence-corrected chi connectivity index (χ4v) is 4.22. The van der Waals surface area contributed by atoms with Crippen LogP contribution in [0.5, 0.6) is 0 Å². The average molecular weight is 327 g/mol. The van der Waals surface area contributed by atoms with E-state index in [1.54, 1.807) is 12.1 Å². The van der Waals surface area contributed by atoms with Crippen molar-refractivity contribution in [2.24, 2.45) is 5.41 Å². The molecule has 2 nitrogen and oxygen atoms in total. The van der Waals surface area contributed by atoms with Crippen molar-refractivity contribution >= 4 is 0 Å². The summed E-state index contributed by atoms with van der Waals surface area (Å²) in [5, 5.41) is 13.6. The Bertz CT molecular complexity index is 636. The van der Waals surface area contributed by atoms with Crippen LogP contribution in [0.3, 0.4) is 0 Å². The lowest BCUT2D eigenvalue weighted by Crippen LogP contribution is -2.62. The fourth-order valence-electron chi connectivity index (χ4n) is 4.22. The van der Waals surface area contributed by atoms with Gasteiger partial charge in [-0.2, -0.15) is 13.2 Å². The number of halogens is 3. The number of alkyl halides is 3. The highest BCUT2D eigenvalue weighted by atomic mass is 19.4. The van der Waals surface area contributed by atoms with Gasteiger partial charge >= 0.3 is 6.18 Å². The normalized spacial score (nSPS) is 32.1. The van der Waals surface area contributed by atoms with E-state index in [1.165, 1.54) is 6.07 Å². The molecule has 1 aliphatic heterocycles. The van der Waals surface area contributed by atoms with Crippen LogP contribution in [0.1, 0.15) is 50.8 Å². The van der Waals surface area contributed by atoms with E-state index in [1.807, 2.05) is 0 Å². The first-order chi connectivity index (χ1) is 10.4. The first-order valence-electron chi connectivity index (χ1n) is 8.07. The molecule has 0 aromatic heterocycles. The summed E-state index contributed by atoms with van der Waals surface area (Å²) in [7, 11) is 0. The lowest BCUT2D eigenvalue weighted by Gasteiger charge is -2.57. The van der Waals surface area contributed by atoms with Crippen LogP contribution in [0.25, 0.3) is 0 Å². The van der Waals surface area contributed by atoms with E-state index >= 15 is 0 Å².